The van der Waals surface area contributed by atoms with Gasteiger partial charge in [-0.2, -0.15) is 5.10 Å². The topological polar surface area (TPSA) is 112 Å². The third kappa shape index (κ3) is 1.58. The number of fused-ring (bicyclic) bond motifs is 5. The normalized spacial score (nSPS) is 37.9. The van der Waals surface area contributed by atoms with E-state index in [9.17, 15) is 13.2 Å². The van der Waals surface area contributed by atoms with E-state index in [1.54, 1.807) is 0 Å². The van der Waals surface area contributed by atoms with Gasteiger partial charge in [-0.3, -0.25) is 5.10 Å². The van der Waals surface area contributed by atoms with Gasteiger partial charge in [0.25, 0.3) is 10.0 Å². The van der Waals surface area contributed by atoms with Gasteiger partial charge in [-0.05, 0) is 42.9 Å². The van der Waals surface area contributed by atoms with E-state index < -0.39 is 16.0 Å². The molecule has 3 fully saturated rings. The molecule has 3 aliphatic carbocycles. The number of carboxylic acids is 1. The molecule has 0 aliphatic heterocycles. The van der Waals surface area contributed by atoms with Crippen LogP contribution < -0.4 is 4.72 Å². The quantitative estimate of drug-likeness (QED) is 0.746. The summed E-state index contributed by atoms with van der Waals surface area (Å²) < 4.78 is 27.2. The first-order valence-electron chi connectivity index (χ1n) is 6.78. The summed E-state index contributed by atoms with van der Waals surface area (Å²) in [7, 11) is -3.84. The van der Waals surface area contributed by atoms with Crippen LogP contribution in [0.15, 0.2) is 11.2 Å². The Labute approximate surface area is 115 Å². The third-order valence-electron chi connectivity index (χ3n) is 5.13. The van der Waals surface area contributed by atoms with E-state index in [1.807, 2.05) is 0 Å². The molecule has 2 bridgehead atoms. The number of nitrogens with zero attached hydrogens (tertiary/aromatic N) is 1. The highest BCUT2D eigenvalue weighted by Crippen LogP contribution is 2.65. The Hall–Kier alpha value is -1.41. The van der Waals surface area contributed by atoms with Gasteiger partial charge < -0.3 is 5.11 Å². The maximum atomic E-state index is 12.3. The van der Waals surface area contributed by atoms with Gasteiger partial charge in [-0.15, -0.1) is 0 Å². The molecule has 1 heterocycles. The van der Waals surface area contributed by atoms with E-state index in [1.165, 1.54) is 19.3 Å². The summed E-state index contributed by atoms with van der Waals surface area (Å²) >= 11 is 0. The van der Waals surface area contributed by atoms with Crippen LogP contribution in [-0.4, -0.2) is 35.7 Å². The standard InChI is InChI=1S/C12H15N3O4S/c16-12(17)7-4-13-14-11(7)20(18,19)15-10-8-5-1-2-6(3-5)9(8)10/h4-6,8-10,15H,1-3H2,(H,13,14)(H,16,17). The molecule has 3 saturated carbocycles. The zero-order valence-electron chi connectivity index (χ0n) is 10.6. The van der Waals surface area contributed by atoms with Crippen molar-refractivity contribution in [1.29, 1.82) is 0 Å². The SMILES string of the molecule is O=C(O)c1cn[nH]c1S(=O)(=O)NC1C2C3CCC(C3)C12. The number of carbonyl (C=O) groups is 1. The van der Waals surface area contributed by atoms with Gasteiger partial charge in [0.15, 0.2) is 5.03 Å². The number of H-pyrrole nitrogens is 1. The first kappa shape index (κ1) is 12.3. The van der Waals surface area contributed by atoms with Gasteiger partial charge >= 0.3 is 5.97 Å². The van der Waals surface area contributed by atoms with Crippen LogP contribution in [0.5, 0.6) is 0 Å². The molecule has 0 aromatic carbocycles. The number of hydrogen-bond donors (Lipinski definition) is 3. The van der Waals surface area contributed by atoms with Crippen LogP contribution in [0.2, 0.25) is 0 Å². The monoisotopic (exact) mass is 297 g/mol. The van der Waals surface area contributed by atoms with E-state index in [4.69, 9.17) is 5.11 Å². The first-order chi connectivity index (χ1) is 9.49. The molecular weight excluding hydrogens is 282 g/mol. The van der Waals surface area contributed by atoms with E-state index in [-0.39, 0.29) is 16.6 Å². The van der Waals surface area contributed by atoms with Crippen molar-refractivity contribution in [3.63, 3.8) is 0 Å². The van der Waals surface area contributed by atoms with E-state index in [0.717, 1.165) is 6.20 Å². The van der Waals surface area contributed by atoms with Crippen LogP contribution in [0.3, 0.4) is 0 Å². The Balaban J connectivity index is 1.57. The highest BCUT2D eigenvalue weighted by Gasteiger charge is 2.65. The van der Waals surface area contributed by atoms with Crippen LogP contribution in [0, 0.1) is 23.7 Å². The van der Waals surface area contributed by atoms with Gasteiger partial charge in [-0.1, -0.05) is 0 Å². The Morgan fingerprint density at radius 1 is 1.35 bits per heavy atom. The van der Waals surface area contributed by atoms with Gasteiger partial charge in [0.05, 0.1) is 6.20 Å². The van der Waals surface area contributed by atoms with Crippen LogP contribution in [-0.2, 0) is 10.0 Å². The molecule has 20 heavy (non-hydrogen) atoms. The Morgan fingerprint density at radius 3 is 2.60 bits per heavy atom. The predicted octanol–water partition coefficient (Wildman–Crippen LogP) is 0.431. The van der Waals surface area contributed by atoms with Crippen LogP contribution in [0.25, 0.3) is 0 Å². The number of aromatic nitrogens is 2. The third-order valence-corrected chi connectivity index (χ3v) is 6.56. The van der Waals surface area contributed by atoms with Crippen LogP contribution in [0.4, 0.5) is 0 Å². The van der Waals surface area contributed by atoms with Crippen molar-refractivity contribution in [3.8, 4) is 0 Å². The lowest BCUT2D eigenvalue weighted by Crippen LogP contribution is -2.31. The fourth-order valence-corrected chi connectivity index (χ4v) is 5.75. The molecule has 8 heteroatoms. The number of hydrogen-bond acceptors (Lipinski definition) is 4. The zero-order chi connectivity index (χ0) is 14.1. The molecule has 7 nitrogen and oxygen atoms in total. The summed E-state index contributed by atoms with van der Waals surface area (Å²) in [5.41, 5.74) is -0.314. The highest BCUT2D eigenvalue weighted by molar-refractivity contribution is 7.89. The Morgan fingerprint density at radius 2 is 2.00 bits per heavy atom. The minimum atomic E-state index is -3.84. The molecule has 4 rings (SSSR count). The van der Waals surface area contributed by atoms with Crippen molar-refractivity contribution < 1.29 is 18.3 Å². The fraction of sp³-hybridized carbons (Fsp3) is 0.667. The summed E-state index contributed by atoms with van der Waals surface area (Å²) in [6, 6.07) is -0.0174. The number of aromatic amines is 1. The van der Waals surface area contributed by atoms with Crippen molar-refractivity contribution in [2.45, 2.75) is 30.3 Å². The first-order valence-corrected chi connectivity index (χ1v) is 8.26. The molecule has 3 aliphatic rings. The van der Waals surface area contributed by atoms with Crippen molar-refractivity contribution in [2.24, 2.45) is 23.7 Å². The largest absolute Gasteiger partial charge is 0.478 e. The lowest BCUT2D eigenvalue weighted by molar-refractivity contribution is 0.0692. The van der Waals surface area contributed by atoms with E-state index >= 15 is 0 Å². The smallest absolute Gasteiger partial charge is 0.340 e. The molecule has 0 amide bonds. The molecule has 1 aromatic rings. The number of aromatic carboxylic acids is 1. The average Bonchev–Trinajstić information content (AvgIpc) is 2.87. The molecular formula is C12H15N3O4S. The zero-order valence-corrected chi connectivity index (χ0v) is 11.4. The second-order valence-electron chi connectivity index (χ2n) is 6.05. The van der Waals surface area contributed by atoms with E-state index in [0.29, 0.717) is 23.7 Å². The molecule has 3 N–H and O–H groups in total. The molecule has 4 atom stereocenters. The maximum absolute atomic E-state index is 12.3. The lowest BCUT2D eigenvalue weighted by atomic mass is 10.0. The summed E-state index contributed by atoms with van der Waals surface area (Å²) in [6.07, 6.45) is 4.66. The highest BCUT2D eigenvalue weighted by atomic mass is 32.2. The van der Waals surface area contributed by atoms with Gasteiger partial charge in [0, 0.05) is 6.04 Å². The summed E-state index contributed by atoms with van der Waals surface area (Å²) in [5.74, 6) is 0.923. The Bertz CT molecular complexity index is 667. The predicted molar refractivity (Wildman–Crippen MR) is 67.5 cm³/mol. The minimum absolute atomic E-state index is 0.0174. The molecule has 0 saturated heterocycles. The number of sulfonamides is 1. The van der Waals surface area contributed by atoms with Crippen molar-refractivity contribution >= 4 is 16.0 Å². The molecule has 0 radical (unpaired) electrons. The van der Waals surface area contributed by atoms with Gasteiger partial charge in [0.1, 0.15) is 5.56 Å². The summed E-state index contributed by atoms with van der Waals surface area (Å²) in [6.45, 7) is 0. The number of nitrogens with one attached hydrogen (secondary N) is 2. The van der Waals surface area contributed by atoms with Crippen molar-refractivity contribution in [2.75, 3.05) is 0 Å². The van der Waals surface area contributed by atoms with Crippen molar-refractivity contribution in [1.82, 2.24) is 14.9 Å². The van der Waals surface area contributed by atoms with Gasteiger partial charge in [-0.25, -0.2) is 17.9 Å². The Kier molecular flexibility index (Phi) is 2.36. The molecule has 4 unspecified atom stereocenters. The summed E-state index contributed by atoms with van der Waals surface area (Å²) in [5, 5.41) is 14.4. The maximum Gasteiger partial charge on any atom is 0.340 e. The van der Waals surface area contributed by atoms with E-state index in [2.05, 4.69) is 14.9 Å². The van der Waals surface area contributed by atoms with Crippen molar-refractivity contribution in [3.05, 3.63) is 11.8 Å². The van der Waals surface area contributed by atoms with Crippen LogP contribution in [0.1, 0.15) is 29.6 Å². The molecule has 1 aromatic heterocycles. The lowest BCUT2D eigenvalue weighted by Gasteiger charge is -2.10. The second-order valence-corrected chi connectivity index (χ2v) is 7.70. The van der Waals surface area contributed by atoms with Gasteiger partial charge in [0.2, 0.25) is 0 Å². The average molecular weight is 297 g/mol. The second kappa shape index (κ2) is 3.82. The fourth-order valence-electron chi connectivity index (χ4n) is 4.35. The minimum Gasteiger partial charge on any atom is -0.478 e. The number of carboxylic acid groups (broad SMARTS) is 1. The number of rotatable bonds is 4. The summed E-state index contributed by atoms with van der Waals surface area (Å²) in [4.78, 5) is 11.0. The molecule has 0 spiro atoms. The molecule has 108 valence electrons. The van der Waals surface area contributed by atoms with Crippen LogP contribution >= 0.6 is 0 Å².